The van der Waals surface area contributed by atoms with Gasteiger partial charge in [0.25, 0.3) is 10.0 Å². The van der Waals surface area contributed by atoms with Crippen molar-refractivity contribution in [2.75, 3.05) is 0 Å². The third-order valence-electron chi connectivity index (χ3n) is 3.17. The van der Waals surface area contributed by atoms with Gasteiger partial charge in [0.05, 0.1) is 28.3 Å². The number of nitrogens with zero attached hydrogens (tertiary/aromatic N) is 3. The first kappa shape index (κ1) is 15.1. The molecule has 1 aromatic heterocycles. The average molecular weight is 326 g/mol. The summed E-state index contributed by atoms with van der Waals surface area (Å²) >= 11 is 0. The van der Waals surface area contributed by atoms with E-state index in [-0.39, 0.29) is 4.90 Å². The van der Waals surface area contributed by atoms with Crippen molar-refractivity contribution < 1.29 is 8.42 Å². The molecule has 0 amide bonds. The Bertz CT molecular complexity index is 967. The SMILES string of the molecule is Cc1ccc(S(=O)(=O)N/N=C\c2cnc3ccccc3n2)cc1. The van der Waals surface area contributed by atoms with Crippen LogP contribution in [0.2, 0.25) is 0 Å². The Kier molecular flexibility index (Phi) is 4.03. The van der Waals surface area contributed by atoms with Crippen LogP contribution in [-0.4, -0.2) is 24.6 Å². The van der Waals surface area contributed by atoms with E-state index in [0.717, 1.165) is 16.6 Å². The van der Waals surface area contributed by atoms with E-state index in [0.29, 0.717) is 5.69 Å². The summed E-state index contributed by atoms with van der Waals surface area (Å²) in [5.74, 6) is 0. The number of aromatic nitrogens is 2. The largest absolute Gasteiger partial charge is 0.276 e. The van der Waals surface area contributed by atoms with Gasteiger partial charge in [-0.3, -0.25) is 4.98 Å². The highest BCUT2D eigenvalue weighted by atomic mass is 32.2. The molecular formula is C16H14N4O2S. The summed E-state index contributed by atoms with van der Waals surface area (Å²) in [6.45, 7) is 1.89. The molecule has 3 aromatic rings. The quantitative estimate of drug-likeness (QED) is 0.589. The van der Waals surface area contributed by atoms with Gasteiger partial charge in [-0.2, -0.15) is 13.5 Å². The van der Waals surface area contributed by atoms with E-state index in [2.05, 4.69) is 19.9 Å². The first-order valence-electron chi connectivity index (χ1n) is 6.88. The van der Waals surface area contributed by atoms with Crippen molar-refractivity contribution >= 4 is 27.3 Å². The molecule has 0 bridgehead atoms. The molecule has 3 rings (SSSR count). The van der Waals surface area contributed by atoms with Crippen LogP contribution in [0.1, 0.15) is 11.3 Å². The summed E-state index contributed by atoms with van der Waals surface area (Å²) in [5, 5.41) is 3.75. The highest BCUT2D eigenvalue weighted by Gasteiger charge is 2.11. The maximum Gasteiger partial charge on any atom is 0.276 e. The molecule has 2 aromatic carbocycles. The molecule has 7 heteroatoms. The zero-order valence-corrected chi connectivity index (χ0v) is 13.2. The zero-order chi connectivity index (χ0) is 16.3. The molecule has 116 valence electrons. The Balaban J connectivity index is 1.78. The summed E-state index contributed by atoms with van der Waals surface area (Å²) in [6.07, 6.45) is 2.86. The summed E-state index contributed by atoms with van der Waals surface area (Å²) < 4.78 is 24.2. The highest BCUT2D eigenvalue weighted by Crippen LogP contribution is 2.10. The average Bonchev–Trinajstić information content (AvgIpc) is 2.55. The second-order valence-electron chi connectivity index (χ2n) is 4.95. The van der Waals surface area contributed by atoms with Gasteiger partial charge in [0, 0.05) is 0 Å². The van der Waals surface area contributed by atoms with E-state index in [1.165, 1.54) is 24.5 Å². The van der Waals surface area contributed by atoms with Crippen molar-refractivity contribution in [3.8, 4) is 0 Å². The Hall–Kier alpha value is -2.80. The molecule has 1 heterocycles. The second-order valence-corrected chi connectivity index (χ2v) is 6.61. The van der Waals surface area contributed by atoms with E-state index in [9.17, 15) is 8.42 Å². The predicted molar refractivity (Wildman–Crippen MR) is 88.6 cm³/mol. The lowest BCUT2D eigenvalue weighted by Gasteiger charge is -2.03. The van der Waals surface area contributed by atoms with Gasteiger partial charge in [0.1, 0.15) is 5.69 Å². The number of rotatable bonds is 4. The van der Waals surface area contributed by atoms with Gasteiger partial charge >= 0.3 is 0 Å². The molecule has 0 unspecified atom stereocenters. The monoisotopic (exact) mass is 326 g/mol. The first-order valence-corrected chi connectivity index (χ1v) is 8.36. The highest BCUT2D eigenvalue weighted by molar-refractivity contribution is 7.89. The number of hydrogen-bond acceptors (Lipinski definition) is 5. The number of sulfonamides is 1. The van der Waals surface area contributed by atoms with Crippen LogP contribution < -0.4 is 4.83 Å². The number of hydrazone groups is 1. The van der Waals surface area contributed by atoms with Crippen molar-refractivity contribution in [3.05, 3.63) is 66.0 Å². The lowest BCUT2D eigenvalue weighted by molar-refractivity contribution is 0.584. The van der Waals surface area contributed by atoms with Gasteiger partial charge in [-0.05, 0) is 31.2 Å². The maximum atomic E-state index is 12.1. The number of hydrogen-bond donors (Lipinski definition) is 1. The number of aryl methyl sites for hydroxylation is 1. The predicted octanol–water partition coefficient (Wildman–Crippen LogP) is 2.25. The second kappa shape index (κ2) is 6.13. The van der Waals surface area contributed by atoms with Crippen LogP contribution in [-0.2, 0) is 10.0 Å². The van der Waals surface area contributed by atoms with Crippen molar-refractivity contribution in [1.29, 1.82) is 0 Å². The molecule has 0 spiro atoms. The summed E-state index contributed by atoms with van der Waals surface area (Å²) in [4.78, 5) is 10.9. The molecule has 0 aliphatic rings. The Labute approximate surface area is 134 Å². The van der Waals surface area contributed by atoms with Crippen LogP contribution in [0.15, 0.2) is 64.7 Å². The summed E-state index contributed by atoms with van der Waals surface area (Å²) in [7, 11) is -3.69. The van der Waals surface area contributed by atoms with Crippen molar-refractivity contribution in [2.45, 2.75) is 11.8 Å². The lowest BCUT2D eigenvalue weighted by Crippen LogP contribution is -2.18. The number of nitrogens with one attached hydrogen (secondary N) is 1. The molecule has 0 radical (unpaired) electrons. The number of para-hydroxylation sites is 2. The number of benzene rings is 2. The normalized spacial score (nSPS) is 11.9. The fourth-order valence-electron chi connectivity index (χ4n) is 1.97. The fourth-order valence-corrected chi connectivity index (χ4v) is 2.76. The van der Waals surface area contributed by atoms with Crippen LogP contribution in [0.5, 0.6) is 0 Å². The minimum absolute atomic E-state index is 0.157. The molecule has 6 nitrogen and oxygen atoms in total. The minimum atomic E-state index is -3.69. The lowest BCUT2D eigenvalue weighted by atomic mass is 10.2. The zero-order valence-electron chi connectivity index (χ0n) is 12.3. The van der Waals surface area contributed by atoms with Crippen LogP contribution in [0.3, 0.4) is 0 Å². The molecule has 1 N–H and O–H groups in total. The van der Waals surface area contributed by atoms with E-state index < -0.39 is 10.0 Å². The third kappa shape index (κ3) is 3.51. The molecule has 23 heavy (non-hydrogen) atoms. The van der Waals surface area contributed by atoms with E-state index >= 15 is 0 Å². The van der Waals surface area contributed by atoms with E-state index in [1.807, 2.05) is 31.2 Å². The molecule has 0 saturated carbocycles. The van der Waals surface area contributed by atoms with Crippen molar-refractivity contribution in [2.24, 2.45) is 5.10 Å². The fraction of sp³-hybridized carbons (Fsp3) is 0.0625. The number of fused-ring (bicyclic) bond motifs is 1. The first-order chi connectivity index (χ1) is 11.0. The van der Waals surface area contributed by atoms with Crippen LogP contribution in [0.25, 0.3) is 11.0 Å². The summed E-state index contributed by atoms with van der Waals surface area (Å²) in [6, 6.07) is 13.9. The van der Waals surface area contributed by atoms with Crippen LogP contribution in [0.4, 0.5) is 0 Å². The van der Waals surface area contributed by atoms with Crippen LogP contribution in [0, 0.1) is 6.92 Å². The third-order valence-corrected chi connectivity index (χ3v) is 4.41. The Morgan fingerprint density at radius 3 is 2.48 bits per heavy atom. The maximum absolute atomic E-state index is 12.1. The van der Waals surface area contributed by atoms with Gasteiger partial charge in [-0.25, -0.2) is 9.82 Å². The molecule has 0 aliphatic heterocycles. The Morgan fingerprint density at radius 2 is 1.74 bits per heavy atom. The topological polar surface area (TPSA) is 84.3 Å². The Morgan fingerprint density at radius 1 is 1.04 bits per heavy atom. The molecule has 0 fully saturated rings. The molecular weight excluding hydrogens is 312 g/mol. The van der Waals surface area contributed by atoms with Gasteiger partial charge in [-0.15, -0.1) is 0 Å². The molecule has 0 aliphatic carbocycles. The minimum Gasteiger partial charge on any atom is -0.252 e. The molecule has 0 saturated heterocycles. The van der Waals surface area contributed by atoms with Gasteiger partial charge in [-0.1, -0.05) is 29.8 Å². The van der Waals surface area contributed by atoms with Gasteiger partial charge in [0.15, 0.2) is 0 Å². The summed E-state index contributed by atoms with van der Waals surface area (Å²) in [5.41, 5.74) is 2.94. The van der Waals surface area contributed by atoms with Gasteiger partial charge in [0.2, 0.25) is 0 Å². The van der Waals surface area contributed by atoms with Crippen molar-refractivity contribution in [3.63, 3.8) is 0 Å². The van der Waals surface area contributed by atoms with E-state index in [1.54, 1.807) is 12.1 Å². The molecule has 0 atom stereocenters. The van der Waals surface area contributed by atoms with Gasteiger partial charge < -0.3 is 0 Å². The van der Waals surface area contributed by atoms with Crippen LogP contribution >= 0.6 is 0 Å². The smallest absolute Gasteiger partial charge is 0.252 e. The standard InChI is InChI=1S/C16H14N4O2S/c1-12-6-8-14(9-7-12)23(21,22)20-18-11-13-10-17-15-4-2-3-5-16(15)19-13/h2-11,20H,1H3/b18-11-. The van der Waals surface area contributed by atoms with E-state index in [4.69, 9.17) is 0 Å². The van der Waals surface area contributed by atoms with Crippen molar-refractivity contribution in [1.82, 2.24) is 14.8 Å².